The number of carbonyl (C=O) groups excluding carboxylic acids is 1. The molecule has 55 heavy (non-hydrogen) atoms. The maximum atomic E-state index is 12.3. The Morgan fingerprint density at radius 3 is 1.75 bits per heavy atom. The van der Waals surface area contributed by atoms with Crippen molar-refractivity contribution in [2.75, 3.05) is 26.4 Å². The molecule has 4 heterocycles. The summed E-state index contributed by atoms with van der Waals surface area (Å²) in [5.74, 6) is -0.572. The molecule has 0 saturated carbocycles. The highest BCUT2D eigenvalue weighted by Crippen LogP contribution is 2.36. The van der Waals surface area contributed by atoms with Crippen LogP contribution in [0.3, 0.4) is 0 Å². The minimum absolute atomic E-state index is 0.183. The van der Waals surface area contributed by atoms with E-state index in [4.69, 9.17) is 37.9 Å². The number of allylic oxidation sites excluding steroid dienone is 1. The molecule has 1 amide bonds. The second-order valence-corrected chi connectivity index (χ2v) is 14.2. The molecule has 21 heteroatoms. The van der Waals surface area contributed by atoms with Crippen molar-refractivity contribution in [2.45, 2.75) is 169 Å². The number of aliphatic hydroxyl groups is 11. The molecule has 4 saturated heterocycles. The minimum atomic E-state index is -1.98. The van der Waals surface area contributed by atoms with E-state index >= 15 is 0 Å². The first kappa shape index (κ1) is 46.1. The molecule has 12 N–H and O–H groups in total. The molecular formula is C34H59NO20. The van der Waals surface area contributed by atoms with E-state index in [0.29, 0.717) is 6.42 Å². The number of hydrogen-bond donors (Lipinski definition) is 12. The zero-order chi connectivity index (χ0) is 40.6. The van der Waals surface area contributed by atoms with Crippen LogP contribution in [0.15, 0.2) is 12.7 Å². The molecule has 0 bridgehead atoms. The normalized spacial score (nSPS) is 45.3. The Hall–Kier alpha value is -1.55. The van der Waals surface area contributed by atoms with Gasteiger partial charge >= 0.3 is 0 Å². The van der Waals surface area contributed by atoms with E-state index in [1.54, 1.807) is 0 Å². The quantitative estimate of drug-likeness (QED) is 0.0455. The summed E-state index contributed by atoms with van der Waals surface area (Å²) in [6.07, 6.45) is -26.0. The molecule has 320 valence electrons. The van der Waals surface area contributed by atoms with Gasteiger partial charge in [0.1, 0.15) is 91.5 Å². The first-order valence-corrected chi connectivity index (χ1v) is 18.5. The van der Waals surface area contributed by atoms with Crippen molar-refractivity contribution in [3.8, 4) is 0 Å². The van der Waals surface area contributed by atoms with Gasteiger partial charge in [0.25, 0.3) is 0 Å². The van der Waals surface area contributed by atoms with Crippen molar-refractivity contribution in [2.24, 2.45) is 0 Å². The van der Waals surface area contributed by atoms with Crippen molar-refractivity contribution < 1.29 is 98.9 Å². The highest BCUT2D eigenvalue weighted by Gasteiger charge is 2.56. The number of rotatable bonds is 18. The van der Waals surface area contributed by atoms with Crippen molar-refractivity contribution in [1.29, 1.82) is 0 Å². The third-order valence-corrected chi connectivity index (χ3v) is 10.1. The third kappa shape index (κ3) is 11.1. The van der Waals surface area contributed by atoms with E-state index in [1.165, 1.54) is 13.8 Å². The molecular weight excluding hydrogens is 742 g/mol. The lowest BCUT2D eigenvalue weighted by molar-refractivity contribution is -0.402. The van der Waals surface area contributed by atoms with E-state index in [9.17, 15) is 61.0 Å². The summed E-state index contributed by atoms with van der Waals surface area (Å²) in [6, 6.07) is -1.27. The van der Waals surface area contributed by atoms with E-state index in [1.807, 2.05) is 6.08 Å². The molecule has 0 unspecified atom stereocenters. The van der Waals surface area contributed by atoms with Crippen LogP contribution in [-0.4, -0.2) is 211 Å². The first-order chi connectivity index (χ1) is 26.2. The number of carbonyl (C=O) groups is 1. The van der Waals surface area contributed by atoms with Gasteiger partial charge in [-0.15, -0.1) is 6.58 Å². The molecule has 20 atom stereocenters. The van der Waals surface area contributed by atoms with Gasteiger partial charge in [-0.3, -0.25) is 4.79 Å². The fraction of sp³-hybridized carbons (Fsp3) is 0.912. The molecule has 0 spiro atoms. The van der Waals surface area contributed by atoms with E-state index < -0.39 is 148 Å². The van der Waals surface area contributed by atoms with Crippen LogP contribution in [0.4, 0.5) is 0 Å². The van der Waals surface area contributed by atoms with Gasteiger partial charge < -0.3 is 99.4 Å². The van der Waals surface area contributed by atoms with E-state index in [2.05, 4.69) is 11.9 Å². The Balaban J connectivity index is 1.64. The summed E-state index contributed by atoms with van der Waals surface area (Å²) in [5, 5.41) is 119. The van der Waals surface area contributed by atoms with Crippen LogP contribution in [0.2, 0.25) is 0 Å². The van der Waals surface area contributed by atoms with Gasteiger partial charge in [-0.1, -0.05) is 18.9 Å². The summed E-state index contributed by atoms with van der Waals surface area (Å²) < 4.78 is 46.9. The molecule has 0 aromatic heterocycles. The Morgan fingerprint density at radius 2 is 1.13 bits per heavy atom. The maximum Gasteiger partial charge on any atom is 0.217 e. The van der Waals surface area contributed by atoms with Gasteiger partial charge in [-0.2, -0.15) is 0 Å². The number of hydrogen-bond acceptors (Lipinski definition) is 20. The van der Waals surface area contributed by atoms with Gasteiger partial charge in [0, 0.05) is 13.5 Å². The van der Waals surface area contributed by atoms with Crippen LogP contribution in [0, 0.1) is 0 Å². The minimum Gasteiger partial charge on any atom is -0.394 e. The van der Waals surface area contributed by atoms with Gasteiger partial charge in [0.15, 0.2) is 25.2 Å². The fourth-order valence-electron chi connectivity index (χ4n) is 6.93. The summed E-state index contributed by atoms with van der Waals surface area (Å²) >= 11 is 0. The lowest BCUT2D eigenvalue weighted by Gasteiger charge is -2.50. The summed E-state index contributed by atoms with van der Waals surface area (Å²) in [4.78, 5) is 12.3. The molecule has 4 aliphatic heterocycles. The van der Waals surface area contributed by atoms with E-state index in [-0.39, 0.29) is 6.61 Å². The molecule has 0 aromatic carbocycles. The molecule has 4 fully saturated rings. The maximum absolute atomic E-state index is 12.3. The first-order valence-electron chi connectivity index (χ1n) is 18.5. The second-order valence-electron chi connectivity index (χ2n) is 14.2. The standard InChI is InChI=1S/C34H59NO20/c1-4-5-6-7-8-9-10-48-31-19(35-15(3)39)23(43)28(18(13-38)52-31)53-34-30(55-32-26(46)24(44)20(40)14(2)49-32)29(22(42)17(12-37)51-34)54-33-27(47)25(45)21(41)16(11-36)50-33/h4,14,16-34,36-38,40-47H,1,5-13H2,2-3H3,(H,35,39)/t14-,16+,17+,18+,19+,20+,21-,22-,23+,24+,25-,26-,27+,28+,29-,30+,31+,32-,33+,34-/m0/s1. The molecule has 0 aromatic rings. The lowest BCUT2D eigenvalue weighted by atomic mass is 9.94. The average molecular weight is 802 g/mol. The van der Waals surface area contributed by atoms with Crippen LogP contribution in [0.1, 0.15) is 46.0 Å². The summed E-state index contributed by atoms with van der Waals surface area (Å²) in [7, 11) is 0. The van der Waals surface area contributed by atoms with Crippen LogP contribution < -0.4 is 5.32 Å². The fourth-order valence-corrected chi connectivity index (χ4v) is 6.93. The van der Waals surface area contributed by atoms with Gasteiger partial charge in [0.05, 0.1) is 25.9 Å². The number of ether oxygens (including phenoxy) is 8. The Kier molecular flexibility index (Phi) is 18.0. The van der Waals surface area contributed by atoms with Gasteiger partial charge in [-0.25, -0.2) is 0 Å². The van der Waals surface area contributed by atoms with Crippen LogP contribution in [0.5, 0.6) is 0 Å². The van der Waals surface area contributed by atoms with Crippen molar-refractivity contribution in [1.82, 2.24) is 5.32 Å². The van der Waals surface area contributed by atoms with Crippen molar-refractivity contribution in [3.63, 3.8) is 0 Å². The number of aliphatic hydroxyl groups excluding tert-OH is 11. The molecule has 21 nitrogen and oxygen atoms in total. The molecule has 0 aliphatic carbocycles. The predicted octanol–water partition coefficient (Wildman–Crippen LogP) is -5.42. The topological polar surface area (TPSA) is 325 Å². The lowest BCUT2D eigenvalue weighted by Crippen LogP contribution is -2.69. The molecule has 0 radical (unpaired) electrons. The Morgan fingerprint density at radius 1 is 0.600 bits per heavy atom. The van der Waals surface area contributed by atoms with Gasteiger partial charge in [0.2, 0.25) is 5.91 Å². The Bertz CT molecular complexity index is 1170. The summed E-state index contributed by atoms with van der Waals surface area (Å²) in [6.45, 7) is 3.96. The number of amides is 1. The number of unbranched alkanes of at least 4 members (excludes halogenated alkanes) is 4. The SMILES string of the molecule is C=CCCCCCCO[C@@H]1O[C@H](CO)[C@@H](O[C@@H]2O[C@H](CO)[C@H](O)[C@H](O[C@H]3O[C@H](CO)[C@H](O)[C@H](O)[C@H]3O)[C@H]2O[C@@H]2O[C@@H](C)[C@@H](O)[C@@H](O)[C@@H]2O)[C@H](O)[C@H]1NC(C)=O. The highest BCUT2D eigenvalue weighted by molar-refractivity contribution is 5.73. The number of nitrogens with one attached hydrogen (secondary N) is 1. The van der Waals surface area contributed by atoms with Crippen LogP contribution >= 0.6 is 0 Å². The van der Waals surface area contributed by atoms with Crippen molar-refractivity contribution >= 4 is 5.91 Å². The zero-order valence-corrected chi connectivity index (χ0v) is 30.8. The Labute approximate surface area is 317 Å². The second kappa shape index (κ2) is 21.5. The smallest absolute Gasteiger partial charge is 0.217 e. The highest BCUT2D eigenvalue weighted by atomic mass is 16.8. The summed E-state index contributed by atoms with van der Waals surface area (Å²) in [5.41, 5.74) is 0. The molecule has 4 rings (SSSR count). The third-order valence-electron chi connectivity index (χ3n) is 10.1. The van der Waals surface area contributed by atoms with Crippen LogP contribution in [0.25, 0.3) is 0 Å². The largest absolute Gasteiger partial charge is 0.394 e. The zero-order valence-electron chi connectivity index (χ0n) is 30.8. The average Bonchev–Trinajstić information content (AvgIpc) is 3.16. The van der Waals surface area contributed by atoms with E-state index in [0.717, 1.165) is 25.7 Å². The van der Waals surface area contributed by atoms with Crippen molar-refractivity contribution in [3.05, 3.63) is 12.7 Å². The monoisotopic (exact) mass is 801 g/mol. The van der Waals surface area contributed by atoms with Crippen LogP contribution in [-0.2, 0) is 42.7 Å². The predicted molar refractivity (Wildman–Crippen MR) is 181 cm³/mol. The van der Waals surface area contributed by atoms with Gasteiger partial charge in [-0.05, 0) is 26.2 Å². The molecule has 4 aliphatic rings.